The molecule has 0 bridgehead atoms. The van der Waals surface area contributed by atoms with Gasteiger partial charge in [-0.15, -0.1) is 0 Å². The summed E-state index contributed by atoms with van der Waals surface area (Å²) in [6.45, 7) is 4.62. The van der Waals surface area contributed by atoms with Crippen LogP contribution in [0.2, 0.25) is 0 Å². The molecular weight excluding hydrogens is 1200 g/mol. The Bertz CT molecular complexity index is 2210. The summed E-state index contributed by atoms with van der Waals surface area (Å²) < 4.78 is 23.0. The highest BCUT2D eigenvalue weighted by Gasteiger charge is 2.25. The highest BCUT2D eigenvalue weighted by Crippen LogP contribution is 2.18. The molecule has 9 heteroatoms. The van der Waals surface area contributed by atoms with E-state index in [1.807, 2.05) is 21.1 Å². The number of hydrogen-bond donors (Lipinski definition) is 1. The number of likely N-dealkylation sites (N-methyl/N-ethyl adjacent to an activating group) is 1. The predicted molar refractivity (Wildman–Crippen MR) is 419 cm³/mol. The summed E-state index contributed by atoms with van der Waals surface area (Å²) in [6.07, 6.45) is 112. The van der Waals surface area contributed by atoms with E-state index in [0.29, 0.717) is 17.4 Å². The van der Waals surface area contributed by atoms with Crippen molar-refractivity contribution < 1.29 is 42.9 Å². The molecule has 0 saturated carbocycles. The van der Waals surface area contributed by atoms with Crippen molar-refractivity contribution in [3.05, 3.63) is 170 Å². The topological polar surface area (TPSA) is 108 Å². The minimum atomic E-state index is -1.53. The SMILES string of the molecule is CC/C=C\C/C=C\C/C=C\C/C=C\C/C=C\C/C=C\C/C=C\C/C=C\C/C=C\CCCCCC(=O)OC(COC(=O)CCCCCCCCCCCCCCCCCCCCCCCCCCC/C=C\C/C=C\C/C=C\C/C=C\C/C=C\CC)COC(OCC[N+](C)(C)C)C(=O)O. The number of quaternary nitrogens is 1. The van der Waals surface area contributed by atoms with Crippen LogP contribution in [0.1, 0.15) is 309 Å². The molecule has 550 valence electrons. The fourth-order valence-electron chi connectivity index (χ4n) is 10.6. The van der Waals surface area contributed by atoms with Crippen LogP contribution in [-0.4, -0.2) is 87.4 Å². The number of hydrogen-bond acceptors (Lipinski definition) is 7. The van der Waals surface area contributed by atoms with Crippen LogP contribution in [0.5, 0.6) is 0 Å². The van der Waals surface area contributed by atoms with Crippen molar-refractivity contribution >= 4 is 17.9 Å². The van der Waals surface area contributed by atoms with E-state index < -0.39 is 24.3 Å². The van der Waals surface area contributed by atoms with Crippen molar-refractivity contribution in [2.75, 3.05) is 47.5 Å². The fourth-order valence-corrected chi connectivity index (χ4v) is 10.6. The average molecular weight is 1350 g/mol. The number of carbonyl (C=O) groups is 3. The van der Waals surface area contributed by atoms with E-state index >= 15 is 0 Å². The summed E-state index contributed by atoms with van der Waals surface area (Å²) >= 11 is 0. The van der Waals surface area contributed by atoms with E-state index in [4.69, 9.17) is 18.9 Å². The lowest BCUT2D eigenvalue weighted by atomic mass is 10.0. The van der Waals surface area contributed by atoms with Crippen LogP contribution >= 0.6 is 0 Å². The van der Waals surface area contributed by atoms with E-state index in [0.717, 1.165) is 128 Å². The van der Waals surface area contributed by atoms with Gasteiger partial charge in [-0.05, 0) is 128 Å². The molecule has 0 aromatic rings. The molecule has 0 aromatic carbocycles. The second kappa shape index (κ2) is 76.4. The molecule has 97 heavy (non-hydrogen) atoms. The number of allylic oxidation sites excluding steroid dienone is 28. The Morgan fingerprint density at radius 1 is 0.309 bits per heavy atom. The molecule has 2 unspecified atom stereocenters. The standard InChI is InChI=1S/C88H145NO8/c1-6-8-10-12-14-16-18-20-22-24-26-28-30-32-34-36-38-39-40-41-42-43-44-45-46-47-49-50-52-54-56-58-60-62-64-66-68-70-72-74-76-78-85(90)95-82-84(83-96-88(87(92)93)94-81-80-89(3,4)5)97-86(91)79-77-75-73-71-69-67-65-63-61-59-57-55-53-51-48-37-35-33-31-29-27-25-23-21-19-17-15-13-11-9-7-2/h8-11,14-17,20-23,26-29,32-35,48,51,55,57,61,63,67,69,84,88H,6-7,12-13,18-19,24-25,30-31,36-47,49-50,52-54,56,58-60,62,64-66,68,70-83H2,1-5H3/p+1/b10-8-,11-9-,16-14-,17-15-,22-20-,23-21-,28-26-,29-27-,34-32-,35-33-,51-48-,57-55-,63-61-,69-67-. The smallest absolute Gasteiger partial charge is 0.361 e. The first-order chi connectivity index (χ1) is 47.6. The van der Waals surface area contributed by atoms with Gasteiger partial charge in [0.2, 0.25) is 0 Å². The summed E-state index contributed by atoms with van der Waals surface area (Å²) in [7, 11) is 5.96. The van der Waals surface area contributed by atoms with Gasteiger partial charge in [0.1, 0.15) is 13.2 Å². The van der Waals surface area contributed by atoms with Crippen molar-refractivity contribution in [1.29, 1.82) is 0 Å². The predicted octanol–water partition coefficient (Wildman–Crippen LogP) is 25.4. The lowest BCUT2D eigenvalue weighted by molar-refractivity contribution is -0.870. The summed E-state index contributed by atoms with van der Waals surface area (Å²) in [4.78, 5) is 37.7. The van der Waals surface area contributed by atoms with Gasteiger partial charge in [0.25, 0.3) is 6.29 Å². The number of ether oxygens (including phenoxy) is 4. The molecule has 0 spiro atoms. The third kappa shape index (κ3) is 77.9. The lowest BCUT2D eigenvalue weighted by Gasteiger charge is -2.25. The first-order valence-electron chi connectivity index (χ1n) is 39.3. The van der Waals surface area contributed by atoms with Crippen molar-refractivity contribution in [3.8, 4) is 0 Å². The molecule has 0 heterocycles. The van der Waals surface area contributed by atoms with Crippen molar-refractivity contribution in [3.63, 3.8) is 0 Å². The molecule has 0 rings (SSSR count). The third-order valence-electron chi connectivity index (χ3n) is 16.5. The minimum Gasteiger partial charge on any atom is -0.477 e. The summed E-state index contributed by atoms with van der Waals surface area (Å²) in [5, 5.41) is 9.77. The molecule has 1 N–H and O–H groups in total. The first kappa shape index (κ1) is 91.6. The largest absolute Gasteiger partial charge is 0.477 e. The highest BCUT2D eigenvalue weighted by molar-refractivity contribution is 5.71. The van der Waals surface area contributed by atoms with Gasteiger partial charge in [-0.25, -0.2) is 4.79 Å². The van der Waals surface area contributed by atoms with Crippen LogP contribution in [0.25, 0.3) is 0 Å². The fraction of sp³-hybridized carbons (Fsp3) is 0.648. The highest BCUT2D eigenvalue weighted by atomic mass is 16.7. The monoisotopic (exact) mass is 1350 g/mol. The Labute approximate surface area is 597 Å². The zero-order chi connectivity index (χ0) is 70.4. The van der Waals surface area contributed by atoms with Crippen molar-refractivity contribution in [1.82, 2.24) is 0 Å². The molecule has 0 aliphatic carbocycles. The lowest BCUT2D eigenvalue weighted by Crippen LogP contribution is -2.40. The molecular formula is C88H146NO8+. The van der Waals surface area contributed by atoms with Gasteiger partial charge in [0.15, 0.2) is 6.10 Å². The Morgan fingerprint density at radius 2 is 0.557 bits per heavy atom. The Hall–Kier alpha value is -5.35. The number of aliphatic carboxylic acids is 1. The number of esters is 2. The molecule has 0 aliphatic heterocycles. The number of carbonyl (C=O) groups excluding carboxylic acids is 2. The average Bonchev–Trinajstić information content (AvgIpc) is 2.39. The molecule has 0 aromatic heterocycles. The number of unbranched alkanes of at least 4 members (excludes halogenated alkanes) is 28. The van der Waals surface area contributed by atoms with Gasteiger partial charge in [-0.2, -0.15) is 0 Å². The van der Waals surface area contributed by atoms with Crippen LogP contribution in [0.15, 0.2) is 170 Å². The first-order valence-corrected chi connectivity index (χ1v) is 39.3. The van der Waals surface area contributed by atoms with Crippen LogP contribution in [-0.2, 0) is 33.3 Å². The Kier molecular flexibility index (Phi) is 72.2. The molecule has 0 radical (unpaired) electrons. The van der Waals surface area contributed by atoms with E-state index in [-0.39, 0.29) is 38.6 Å². The normalized spacial score (nSPS) is 13.6. The molecule has 0 aliphatic rings. The number of rotatable bonds is 71. The third-order valence-corrected chi connectivity index (χ3v) is 16.5. The van der Waals surface area contributed by atoms with Gasteiger partial charge >= 0.3 is 17.9 Å². The maximum absolute atomic E-state index is 13.0. The van der Waals surface area contributed by atoms with Gasteiger partial charge in [0, 0.05) is 12.8 Å². The molecule has 0 saturated heterocycles. The minimum absolute atomic E-state index is 0.174. The van der Waals surface area contributed by atoms with Gasteiger partial charge < -0.3 is 28.5 Å². The molecule has 9 nitrogen and oxygen atoms in total. The molecule has 2 atom stereocenters. The second-order valence-electron chi connectivity index (χ2n) is 26.9. The maximum atomic E-state index is 13.0. The zero-order valence-corrected chi connectivity index (χ0v) is 62.9. The van der Waals surface area contributed by atoms with Crippen LogP contribution in [0.4, 0.5) is 0 Å². The van der Waals surface area contributed by atoms with Crippen molar-refractivity contribution in [2.45, 2.75) is 322 Å². The van der Waals surface area contributed by atoms with Gasteiger partial charge in [0.05, 0.1) is 34.4 Å². The number of carboxylic acids is 1. The van der Waals surface area contributed by atoms with E-state index in [1.54, 1.807) is 0 Å². The van der Waals surface area contributed by atoms with Crippen molar-refractivity contribution in [2.24, 2.45) is 0 Å². The summed E-state index contributed by atoms with van der Waals surface area (Å²) in [5.74, 6) is -2.05. The zero-order valence-electron chi connectivity index (χ0n) is 62.9. The molecule has 0 fully saturated rings. The van der Waals surface area contributed by atoms with E-state index in [1.165, 1.54) is 148 Å². The summed E-state index contributed by atoms with van der Waals surface area (Å²) in [5.41, 5.74) is 0. The van der Waals surface area contributed by atoms with Crippen LogP contribution < -0.4 is 0 Å². The maximum Gasteiger partial charge on any atom is 0.361 e. The Morgan fingerprint density at radius 3 is 0.835 bits per heavy atom. The van der Waals surface area contributed by atoms with Crippen LogP contribution in [0.3, 0.4) is 0 Å². The summed E-state index contributed by atoms with van der Waals surface area (Å²) in [6, 6.07) is 0. The van der Waals surface area contributed by atoms with E-state index in [2.05, 4.69) is 184 Å². The molecule has 0 amide bonds. The number of nitrogens with zero attached hydrogens (tertiary/aromatic N) is 1. The van der Waals surface area contributed by atoms with Gasteiger partial charge in [-0.1, -0.05) is 338 Å². The van der Waals surface area contributed by atoms with E-state index in [9.17, 15) is 19.5 Å². The Balaban J connectivity index is 4.08. The van der Waals surface area contributed by atoms with Gasteiger partial charge in [-0.3, -0.25) is 9.59 Å². The second-order valence-corrected chi connectivity index (χ2v) is 26.9. The number of carboxylic acid groups (broad SMARTS) is 1. The van der Waals surface area contributed by atoms with Crippen LogP contribution in [0, 0.1) is 0 Å². The quantitative estimate of drug-likeness (QED) is 0.0211.